The molecule has 0 atom stereocenters. The van der Waals surface area contributed by atoms with Crippen molar-refractivity contribution in [2.24, 2.45) is 0 Å². The lowest BCUT2D eigenvalue weighted by atomic mass is 9.79. The largest absolute Gasteiger partial charge is 0.495 e. The Labute approximate surface area is 153 Å². The van der Waals surface area contributed by atoms with Crippen molar-refractivity contribution in [2.45, 2.75) is 45.5 Å². The van der Waals surface area contributed by atoms with Crippen molar-refractivity contribution in [1.29, 1.82) is 0 Å². The molecule has 0 unspecified atom stereocenters. The number of benzene rings is 2. The van der Waals surface area contributed by atoms with Crippen LogP contribution in [0.2, 0.25) is 0 Å². The molecule has 0 spiro atoms. The Bertz CT molecular complexity index is 791. The van der Waals surface area contributed by atoms with Gasteiger partial charge in [0.05, 0.1) is 16.1 Å². The van der Waals surface area contributed by atoms with E-state index in [2.05, 4.69) is 0 Å². The van der Waals surface area contributed by atoms with Crippen LogP contribution in [0.15, 0.2) is 48.5 Å². The van der Waals surface area contributed by atoms with Crippen LogP contribution in [0, 0.1) is 10.1 Å². The zero-order valence-corrected chi connectivity index (χ0v) is 15.4. The molecule has 0 aromatic heterocycles. The number of nitro groups is 1. The van der Waals surface area contributed by atoms with E-state index in [0.29, 0.717) is 5.46 Å². The van der Waals surface area contributed by atoms with Gasteiger partial charge in [0.15, 0.2) is 5.75 Å². The minimum atomic E-state index is -0.651. The van der Waals surface area contributed by atoms with Gasteiger partial charge in [0.2, 0.25) is 0 Å². The zero-order chi connectivity index (χ0) is 18.9. The van der Waals surface area contributed by atoms with E-state index in [1.807, 2.05) is 58.0 Å². The highest BCUT2D eigenvalue weighted by Gasteiger charge is 2.52. The number of ether oxygens (including phenoxy) is 1. The van der Waals surface area contributed by atoms with E-state index in [1.165, 1.54) is 6.07 Å². The second-order valence-corrected chi connectivity index (χ2v) is 7.35. The van der Waals surface area contributed by atoms with E-state index in [-0.39, 0.29) is 18.0 Å². The summed E-state index contributed by atoms with van der Waals surface area (Å²) < 4.78 is 17.6. The first kappa shape index (κ1) is 18.4. The third kappa shape index (κ3) is 3.59. The van der Waals surface area contributed by atoms with Gasteiger partial charge in [-0.2, -0.15) is 0 Å². The number of hydrogen-bond donors (Lipinski definition) is 0. The molecule has 136 valence electrons. The van der Waals surface area contributed by atoms with E-state index >= 15 is 0 Å². The molecule has 6 nitrogen and oxygen atoms in total. The summed E-state index contributed by atoms with van der Waals surface area (Å²) in [7, 11) is -0.651. The molecular formula is C19H22BNO5. The fourth-order valence-corrected chi connectivity index (χ4v) is 2.66. The molecule has 3 rings (SSSR count). The number of hydrogen-bond acceptors (Lipinski definition) is 5. The van der Waals surface area contributed by atoms with Crippen LogP contribution in [0.4, 0.5) is 5.69 Å². The van der Waals surface area contributed by atoms with Gasteiger partial charge in [0.25, 0.3) is 0 Å². The zero-order valence-electron chi connectivity index (χ0n) is 15.4. The Morgan fingerprint density at radius 2 is 1.65 bits per heavy atom. The smallest absolute Gasteiger partial charge is 0.482 e. The van der Waals surface area contributed by atoms with Crippen LogP contribution in [0.25, 0.3) is 0 Å². The molecule has 26 heavy (non-hydrogen) atoms. The second-order valence-electron chi connectivity index (χ2n) is 7.35. The van der Waals surface area contributed by atoms with Crippen LogP contribution in [0.3, 0.4) is 0 Å². The fourth-order valence-electron chi connectivity index (χ4n) is 2.66. The van der Waals surface area contributed by atoms with E-state index in [4.69, 9.17) is 14.0 Å². The third-order valence-corrected chi connectivity index (χ3v) is 4.94. The van der Waals surface area contributed by atoms with Gasteiger partial charge in [-0.25, -0.2) is 0 Å². The Morgan fingerprint density at radius 1 is 1.04 bits per heavy atom. The third-order valence-electron chi connectivity index (χ3n) is 4.94. The first-order valence-corrected chi connectivity index (χ1v) is 8.50. The van der Waals surface area contributed by atoms with Crippen LogP contribution in [0.1, 0.15) is 33.3 Å². The standard InChI is InChI=1S/C19H22BNO5/c1-18(2)19(3,4)26-20(25-18)15-10-11-17(16(12-15)21(22)23)24-13-14-8-6-5-7-9-14/h5-12H,13H2,1-4H3. The molecule has 0 saturated carbocycles. The number of nitro benzene ring substituents is 1. The van der Waals surface area contributed by atoms with Gasteiger partial charge >= 0.3 is 12.8 Å². The van der Waals surface area contributed by atoms with Crippen molar-refractivity contribution < 1.29 is 19.0 Å². The van der Waals surface area contributed by atoms with Crippen LogP contribution in [0.5, 0.6) is 5.75 Å². The molecular weight excluding hydrogens is 333 g/mol. The van der Waals surface area contributed by atoms with E-state index < -0.39 is 23.2 Å². The van der Waals surface area contributed by atoms with E-state index in [0.717, 1.165) is 5.56 Å². The molecule has 0 radical (unpaired) electrons. The quantitative estimate of drug-likeness (QED) is 0.467. The first-order valence-electron chi connectivity index (χ1n) is 8.50. The molecule has 0 bridgehead atoms. The number of rotatable bonds is 5. The molecule has 0 amide bonds. The van der Waals surface area contributed by atoms with Crippen molar-refractivity contribution in [1.82, 2.24) is 0 Å². The summed E-state index contributed by atoms with van der Waals surface area (Å²) in [6.07, 6.45) is 0. The van der Waals surface area contributed by atoms with Crippen LogP contribution in [-0.2, 0) is 15.9 Å². The van der Waals surface area contributed by atoms with Crippen LogP contribution < -0.4 is 10.2 Å². The maximum Gasteiger partial charge on any atom is 0.495 e. The summed E-state index contributed by atoms with van der Waals surface area (Å²) in [5.41, 5.74) is 0.427. The van der Waals surface area contributed by atoms with Gasteiger partial charge in [-0.1, -0.05) is 36.4 Å². The lowest BCUT2D eigenvalue weighted by Crippen LogP contribution is -2.41. The predicted molar refractivity (Wildman–Crippen MR) is 99.6 cm³/mol. The molecule has 2 aromatic carbocycles. The van der Waals surface area contributed by atoms with Crippen molar-refractivity contribution in [3.05, 3.63) is 64.2 Å². The van der Waals surface area contributed by atoms with E-state index in [9.17, 15) is 10.1 Å². The van der Waals surface area contributed by atoms with Gasteiger partial charge in [-0.3, -0.25) is 10.1 Å². The van der Waals surface area contributed by atoms with Gasteiger partial charge < -0.3 is 14.0 Å². The molecule has 1 aliphatic rings. The monoisotopic (exact) mass is 355 g/mol. The van der Waals surface area contributed by atoms with E-state index in [1.54, 1.807) is 12.1 Å². The van der Waals surface area contributed by atoms with Crippen molar-refractivity contribution in [2.75, 3.05) is 0 Å². The Kier molecular flexibility index (Phi) is 4.77. The molecule has 1 saturated heterocycles. The summed E-state index contributed by atoms with van der Waals surface area (Å²) in [4.78, 5) is 11.0. The minimum absolute atomic E-state index is 0.104. The molecule has 2 aromatic rings. The highest BCUT2D eigenvalue weighted by molar-refractivity contribution is 6.62. The predicted octanol–water partition coefficient (Wildman–Crippen LogP) is 3.47. The molecule has 1 heterocycles. The van der Waals surface area contributed by atoms with Crippen molar-refractivity contribution in [3.8, 4) is 5.75 Å². The topological polar surface area (TPSA) is 70.8 Å². The van der Waals surface area contributed by atoms with Crippen molar-refractivity contribution >= 4 is 18.3 Å². The molecule has 0 N–H and O–H groups in total. The van der Waals surface area contributed by atoms with Crippen LogP contribution >= 0.6 is 0 Å². The molecule has 0 aliphatic carbocycles. The molecule has 1 fully saturated rings. The Morgan fingerprint density at radius 3 is 2.23 bits per heavy atom. The fraction of sp³-hybridized carbons (Fsp3) is 0.368. The van der Waals surface area contributed by atoms with Gasteiger partial charge in [0, 0.05) is 6.07 Å². The van der Waals surface area contributed by atoms with Gasteiger partial charge in [-0.15, -0.1) is 0 Å². The van der Waals surface area contributed by atoms with Crippen molar-refractivity contribution in [3.63, 3.8) is 0 Å². The lowest BCUT2D eigenvalue weighted by Gasteiger charge is -2.32. The maximum absolute atomic E-state index is 11.5. The summed E-state index contributed by atoms with van der Waals surface area (Å²) in [5, 5.41) is 11.5. The Hall–Kier alpha value is -2.38. The SMILES string of the molecule is CC1(C)OB(c2ccc(OCc3ccccc3)c([N+](=O)[O-])c2)OC1(C)C. The highest BCUT2D eigenvalue weighted by atomic mass is 16.7. The minimum Gasteiger partial charge on any atom is -0.482 e. The lowest BCUT2D eigenvalue weighted by molar-refractivity contribution is -0.385. The Balaban J connectivity index is 1.82. The normalized spacial score (nSPS) is 17.9. The maximum atomic E-state index is 11.5. The molecule has 7 heteroatoms. The molecule has 1 aliphatic heterocycles. The number of nitrogens with zero attached hydrogens (tertiary/aromatic N) is 1. The second kappa shape index (κ2) is 6.74. The van der Waals surface area contributed by atoms with Crippen LogP contribution in [-0.4, -0.2) is 23.2 Å². The van der Waals surface area contributed by atoms with Gasteiger partial charge in [-0.05, 0) is 44.8 Å². The first-order chi connectivity index (χ1) is 12.2. The summed E-state index contributed by atoms with van der Waals surface area (Å²) in [5.74, 6) is 0.221. The van der Waals surface area contributed by atoms with Gasteiger partial charge in [0.1, 0.15) is 6.61 Å². The summed E-state index contributed by atoms with van der Waals surface area (Å²) in [6, 6.07) is 14.3. The summed E-state index contributed by atoms with van der Waals surface area (Å²) >= 11 is 0. The highest BCUT2D eigenvalue weighted by Crippen LogP contribution is 2.37. The average molecular weight is 355 g/mol. The average Bonchev–Trinajstić information content (AvgIpc) is 2.81. The summed E-state index contributed by atoms with van der Waals surface area (Å²) in [6.45, 7) is 8.03.